The lowest BCUT2D eigenvalue weighted by Crippen LogP contribution is -2.18. The van der Waals surface area contributed by atoms with Gasteiger partial charge in [0, 0.05) is 19.2 Å². The molecule has 1 amide bonds. The fourth-order valence-electron chi connectivity index (χ4n) is 2.41. The molecule has 1 aliphatic heterocycles. The Kier molecular flexibility index (Phi) is 2.71. The van der Waals surface area contributed by atoms with Crippen LogP contribution in [0.2, 0.25) is 0 Å². The number of benzene rings is 1. The van der Waals surface area contributed by atoms with Crippen molar-refractivity contribution in [3.05, 3.63) is 42.1 Å². The number of amides is 1. The van der Waals surface area contributed by atoms with E-state index in [1.54, 1.807) is 0 Å². The van der Waals surface area contributed by atoms with E-state index in [-0.39, 0.29) is 5.91 Å². The Bertz CT molecular complexity index is 445. The smallest absolute Gasteiger partial charge is 0.226 e. The first-order valence-corrected chi connectivity index (χ1v) is 6.41. The summed E-state index contributed by atoms with van der Waals surface area (Å²) in [5.41, 5.74) is 2.62. The van der Waals surface area contributed by atoms with Crippen LogP contribution in [0.25, 0.3) is 5.57 Å². The van der Waals surface area contributed by atoms with Crippen LogP contribution < -0.4 is 0 Å². The highest BCUT2D eigenvalue weighted by atomic mass is 16.2. The Morgan fingerprint density at radius 1 is 1.24 bits per heavy atom. The Balaban J connectivity index is 1.90. The molecule has 1 aromatic carbocycles. The van der Waals surface area contributed by atoms with Crippen LogP contribution in [0.15, 0.2) is 36.5 Å². The predicted octanol–water partition coefficient (Wildman–Crippen LogP) is 3.06. The molecule has 2 nitrogen and oxygen atoms in total. The zero-order valence-electron chi connectivity index (χ0n) is 9.93. The van der Waals surface area contributed by atoms with Crippen molar-refractivity contribution in [3.8, 4) is 0 Å². The number of carbonyl (C=O) groups is 1. The molecule has 88 valence electrons. The molecule has 1 saturated heterocycles. The van der Waals surface area contributed by atoms with Gasteiger partial charge in [-0.2, -0.15) is 0 Å². The highest BCUT2D eigenvalue weighted by molar-refractivity contribution is 5.81. The molecule has 0 radical (unpaired) electrons. The summed E-state index contributed by atoms with van der Waals surface area (Å²) in [4.78, 5) is 13.6. The van der Waals surface area contributed by atoms with E-state index in [1.807, 2.05) is 11.0 Å². The molecule has 2 aliphatic rings. The number of hydrogen-bond acceptors (Lipinski definition) is 1. The van der Waals surface area contributed by atoms with E-state index >= 15 is 0 Å². The van der Waals surface area contributed by atoms with Crippen LogP contribution in [0.3, 0.4) is 0 Å². The molecule has 0 bridgehead atoms. The largest absolute Gasteiger partial charge is 0.319 e. The van der Waals surface area contributed by atoms with E-state index in [1.165, 1.54) is 24.0 Å². The molecule has 0 atom stereocenters. The maximum absolute atomic E-state index is 11.7. The summed E-state index contributed by atoms with van der Waals surface area (Å²) in [7, 11) is 0. The summed E-state index contributed by atoms with van der Waals surface area (Å²) < 4.78 is 0. The topological polar surface area (TPSA) is 20.3 Å². The van der Waals surface area contributed by atoms with E-state index < -0.39 is 0 Å². The van der Waals surface area contributed by atoms with Crippen LogP contribution in [0.1, 0.15) is 31.2 Å². The minimum atomic E-state index is 0.277. The molecular formula is C15H17NO. The molecular weight excluding hydrogens is 210 g/mol. The number of rotatable bonds is 3. The second-order valence-electron chi connectivity index (χ2n) is 4.92. The second kappa shape index (κ2) is 4.36. The van der Waals surface area contributed by atoms with Gasteiger partial charge in [-0.05, 0) is 36.3 Å². The van der Waals surface area contributed by atoms with E-state index in [0.717, 1.165) is 13.0 Å². The third-order valence-corrected chi connectivity index (χ3v) is 3.53. The van der Waals surface area contributed by atoms with Gasteiger partial charge < -0.3 is 4.90 Å². The maximum Gasteiger partial charge on any atom is 0.226 e. The van der Waals surface area contributed by atoms with Crippen molar-refractivity contribution in [2.75, 3.05) is 6.54 Å². The zero-order chi connectivity index (χ0) is 11.7. The average Bonchev–Trinajstić information content (AvgIpc) is 3.12. The van der Waals surface area contributed by atoms with Crippen LogP contribution in [-0.2, 0) is 4.79 Å². The van der Waals surface area contributed by atoms with Gasteiger partial charge in [0.2, 0.25) is 5.91 Å². The predicted molar refractivity (Wildman–Crippen MR) is 68.1 cm³/mol. The maximum atomic E-state index is 11.7. The van der Waals surface area contributed by atoms with E-state index in [4.69, 9.17) is 0 Å². The lowest BCUT2D eigenvalue weighted by atomic mass is 10.0. The van der Waals surface area contributed by atoms with Gasteiger partial charge in [0.25, 0.3) is 0 Å². The fourth-order valence-corrected chi connectivity index (χ4v) is 2.41. The van der Waals surface area contributed by atoms with Gasteiger partial charge in [0.1, 0.15) is 0 Å². The van der Waals surface area contributed by atoms with Gasteiger partial charge in [-0.25, -0.2) is 0 Å². The quantitative estimate of drug-likeness (QED) is 0.777. The fraction of sp³-hybridized carbons (Fsp3) is 0.400. The summed E-state index contributed by atoms with van der Waals surface area (Å²) in [6.07, 6.45) is 6.35. The summed E-state index contributed by atoms with van der Waals surface area (Å²) in [5, 5.41) is 0. The third-order valence-electron chi connectivity index (χ3n) is 3.53. The number of hydrogen-bond donors (Lipinski definition) is 0. The van der Waals surface area contributed by atoms with Gasteiger partial charge in [0.05, 0.1) is 0 Å². The molecule has 0 N–H and O–H groups in total. The molecule has 1 heterocycles. The molecule has 1 aliphatic carbocycles. The first kappa shape index (κ1) is 10.6. The van der Waals surface area contributed by atoms with Crippen molar-refractivity contribution in [1.29, 1.82) is 0 Å². The number of carbonyl (C=O) groups excluding carboxylic acids is 1. The molecule has 17 heavy (non-hydrogen) atoms. The van der Waals surface area contributed by atoms with Crippen molar-refractivity contribution in [3.63, 3.8) is 0 Å². The van der Waals surface area contributed by atoms with Gasteiger partial charge in [-0.1, -0.05) is 30.3 Å². The van der Waals surface area contributed by atoms with Crippen molar-refractivity contribution < 1.29 is 4.79 Å². The molecule has 0 aromatic heterocycles. The highest BCUT2D eigenvalue weighted by Crippen LogP contribution is 2.42. The van der Waals surface area contributed by atoms with Gasteiger partial charge in [-0.3, -0.25) is 4.79 Å². The third kappa shape index (κ3) is 2.26. The molecule has 2 fully saturated rings. The molecule has 3 rings (SSSR count). The minimum Gasteiger partial charge on any atom is -0.319 e. The summed E-state index contributed by atoms with van der Waals surface area (Å²) in [5.74, 6) is 0.949. The molecule has 2 heteroatoms. The lowest BCUT2D eigenvalue weighted by Gasteiger charge is -2.14. The number of nitrogens with zero attached hydrogens (tertiary/aromatic N) is 1. The van der Waals surface area contributed by atoms with Crippen molar-refractivity contribution >= 4 is 11.5 Å². The second-order valence-corrected chi connectivity index (χ2v) is 4.92. The van der Waals surface area contributed by atoms with Crippen LogP contribution in [0.5, 0.6) is 0 Å². The van der Waals surface area contributed by atoms with Gasteiger partial charge in [0.15, 0.2) is 0 Å². The first-order valence-electron chi connectivity index (χ1n) is 6.41. The molecule has 1 saturated carbocycles. The zero-order valence-corrected chi connectivity index (χ0v) is 9.93. The normalized spacial score (nSPS) is 21.1. The lowest BCUT2D eigenvalue weighted by molar-refractivity contribution is -0.125. The monoisotopic (exact) mass is 227 g/mol. The number of allylic oxidation sites excluding steroid dienone is 1. The summed E-state index contributed by atoms with van der Waals surface area (Å²) in [6.45, 7) is 0.891. The molecule has 1 aromatic rings. The molecule has 0 spiro atoms. The van der Waals surface area contributed by atoms with Crippen LogP contribution >= 0.6 is 0 Å². The van der Waals surface area contributed by atoms with Crippen LogP contribution in [0.4, 0.5) is 0 Å². The minimum absolute atomic E-state index is 0.277. The van der Waals surface area contributed by atoms with E-state index in [0.29, 0.717) is 12.3 Å². The average molecular weight is 227 g/mol. The van der Waals surface area contributed by atoms with Gasteiger partial charge >= 0.3 is 0 Å². The SMILES string of the molecule is O=C1CCCN1/C=C(\c1ccccc1)C1CC1. The van der Waals surface area contributed by atoms with Crippen molar-refractivity contribution in [2.45, 2.75) is 25.7 Å². The van der Waals surface area contributed by atoms with E-state index in [9.17, 15) is 4.79 Å². The highest BCUT2D eigenvalue weighted by Gasteiger charge is 2.29. The van der Waals surface area contributed by atoms with Gasteiger partial charge in [-0.15, -0.1) is 0 Å². The standard InChI is InChI=1S/C15H17NO/c17-15-7-4-10-16(15)11-14(13-8-9-13)12-5-2-1-3-6-12/h1-3,5-6,11,13H,4,7-10H2/b14-11+. The Labute approximate surface area is 102 Å². The Morgan fingerprint density at radius 3 is 2.59 bits per heavy atom. The Morgan fingerprint density at radius 2 is 2.00 bits per heavy atom. The first-order chi connectivity index (χ1) is 8.34. The summed E-state index contributed by atoms with van der Waals surface area (Å²) >= 11 is 0. The van der Waals surface area contributed by atoms with Crippen molar-refractivity contribution in [2.24, 2.45) is 5.92 Å². The van der Waals surface area contributed by atoms with Crippen LogP contribution in [-0.4, -0.2) is 17.4 Å². The van der Waals surface area contributed by atoms with E-state index in [2.05, 4.69) is 30.5 Å². The Hall–Kier alpha value is -1.57. The van der Waals surface area contributed by atoms with Crippen LogP contribution in [0, 0.1) is 5.92 Å². The summed E-state index contributed by atoms with van der Waals surface area (Å²) in [6, 6.07) is 10.5. The molecule has 0 unspecified atom stereocenters. The van der Waals surface area contributed by atoms with Crippen molar-refractivity contribution in [1.82, 2.24) is 4.90 Å². The number of likely N-dealkylation sites (tertiary alicyclic amines) is 1.